The fourth-order valence-electron chi connectivity index (χ4n) is 1.61. The molecular weight excluding hydrogens is 166 g/mol. The van der Waals surface area contributed by atoms with Crippen molar-refractivity contribution in [1.82, 2.24) is 5.32 Å². The summed E-state index contributed by atoms with van der Waals surface area (Å²) in [6, 6.07) is -0.543. The Labute approximate surface area is 78.9 Å². The molecule has 0 saturated carbocycles. The summed E-state index contributed by atoms with van der Waals surface area (Å²) in [5.74, 6) is 0.0527. The monoisotopic (exact) mass is 183 g/mol. The van der Waals surface area contributed by atoms with Gasteiger partial charge in [0.05, 0.1) is 0 Å². The van der Waals surface area contributed by atoms with Crippen LogP contribution in [0.15, 0.2) is 0 Å². The highest BCUT2D eigenvalue weighted by atomic mass is 16.1. The van der Waals surface area contributed by atoms with Crippen LogP contribution in [0.3, 0.4) is 0 Å². The first-order chi connectivity index (χ1) is 6.34. The molecule has 0 radical (unpaired) electrons. The number of rotatable bonds is 1. The largest absolute Gasteiger partial charge is 0.302 e. The van der Waals surface area contributed by atoms with Crippen molar-refractivity contribution in [1.29, 1.82) is 0 Å². The molecule has 3 heteroatoms. The predicted octanol–water partition coefficient (Wildman–Crippen LogP) is 1.07. The van der Waals surface area contributed by atoms with Gasteiger partial charge in [-0.1, -0.05) is 19.3 Å². The first-order valence-electron chi connectivity index (χ1n) is 5.06. The zero-order valence-electron chi connectivity index (χ0n) is 7.92. The van der Waals surface area contributed by atoms with Crippen molar-refractivity contribution in [3.05, 3.63) is 0 Å². The highest BCUT2D eigenvalue weighted by molar-refractivity contribution is 5.97. The van der Waals surface area contributed by atoms with Gasteiger partial charge in [-0.3, -0.25) is 4.79 Å². The minimum absolute atomic E-state index is 0.0527. The predicted molar refractivity (Wildman–Crippen MR) is 50.6 cm³/mol. The molecule has 1 N–H and O–H groups in total. The molecule has 1 rings (SSSR count). The summed E-state index contributed by atoms with van der Waals surface area (Å²) >= 11 is 0. The molecule has 0 spiro atoms. The van der Waals surface area contributed by atoms with E-state index in [0.29, 0.717) is 6.42 Å². The molecule has 0 aromatic rings. The van der Waals surface area contributed by atoms with E-state index < -0.39 is 6.04 Å². The lowest BCUT2D eigenvalue weighted by Crippen LogP contribution is -2.38. The summed E-state index contributed by atoms with van der Waals surface area (Å²) in [5.41, 5.74) is 0. The SMILES string of the molecule is O=CC1NCCCCCCCC1=O. The number of Topliss-reactive ketones (excluding diaryl/α,β-unsaturated/α-hetero) is 1. The topological polar surface area (TPSA) is 46.2 Å². The minimum Gasteiger partial charge on any atom is -0.302 e. The van der Waals surface area contributed by atoms with Gasteiger partial charge in [0.25, 0.3) is 0 Å². The number of hydrogen-bond acceptors (Lipinski definition) is 3. The van der Waals surface area contributed by atoms with E-state index in [4.69, 9.17) is 0 Å². The fourth-order valence-corrected chi connectivity index (χ4v) is 1.61. The third-order valence-corrected chi connectivity index (χ3v) is 2.45. The minimum atomic E-state index is -0.543. The van der Waals surface area contributed by atoms with Crippen molar-refractivity contribution in [2.45, 2.75) is 44.6 Å². The molecule has 1 heterocycles. The number of aldehydes is 1. The van der Waals surface area contributed by atoms with Crippen molar-refractivity contribution in [3.63, 3.8) is 0 Å². The van der Waals surface area contributed by atoms with Gasteiger partial charge in [0.1, 0.15) is 12.3 Å². The lowest BCUT2D eigenvalue weighted by Gasteiger charge is -2.13. The first kappa shape index (κ1) is 10.4. The van der Waals surface area contributed by atoms with Crippen LogP contribution < -0.4 is 5.32 Å². The van der Waals surface area contributed by atoms with E-state index in [1.54, 1.807) is 0 Å². The van der Waals surface area contributed by atoms with Gasteiger partial charge in [-0.05, 0) is 19.4 Å². The summed E-state index contributed by atoms with van der Waals surface area (Å²) in [6.45, 7) is 0.787. The fraction of sp³-hybridized carbons (Fsp3) is 0.800. The maximum Gasteiger partial charge on any atom is 0.157 e. The highest BCUT2D eigenvalue weighted by Gasteiger charge is 2.16. The third kappa shape index (κ3) is 3.68. The Hall–Kier alpha value is -0.700. The van der Waals surface area contributed by atoms with Crippen LogP contribution in [0.25, 0.3) is 0 Å². The van der Waals surface area contributed by atoms with Gasteiger partial charge in [0, 0.05) is 6.42 Å². The van der Waals surface area contributed by atoms with E-state index in [0.717, 1.165) is 32.1 Å². The molecule has 1 unspecified atom stereocenters. The van der Waals surface area contributed by atoms with Crippen LogP contribution in [-0.2, 0) is 9.59 Å². The Morgan fingerprint density at radius 2 is 1.85 bits per heavy atom. The van der Waals surface area contributed by atoms with Crippen molar-refractivity contribution in [2.75, 3.05) is 6.54 Å². The molecule has 0 aromatic carbocycles. The average Bonchev–Trinajstić information content (AvgIpc) is 2.16. The van der Waals surface area contributed by atoms with Gasteiger partial charge < -0.3 is 10.1 Å². The smallest absolute Gasteiger partial charge is 0.157 e. The van der Waals surface area contributed by atoms with Crippen molar-refractivity contribution >= 4 is 12.1 Å². The normalized spacial score (nSPS) is 26.8. The molecule has 1 fully saturated rings. The van der Waals surface area contributed by atoms with Gasteiger partial charge >= 0.3 is 0 Å². The zero-order chi connectivity index (χ0) is 9.52. The van der Waals surface area contributed by atoms with Gasteiger partial charge in [-0.15, -0.1) is 0 Å². The van der Waals surface area contributed by atoms with Gasteiger partial charge in [0.15, 0.2) is 5.78 Å². The van der Waals surface area contributed by atoms with E-state index in [1.165, 1.54) is 12.8 Å². The average molecular weight is 183 g/mol. The van der Waals surface area contributed by atoms with E-state index in [2.05, 4.69) is 5.32 Å². The van der Waals surface area contributed by atoms with Crippen molar-refractivity contribution < 1.29 is 9.59 Å². The molecule has 0 amide bonds. The van der Waals surface area contributed by atoms with E-state index in [-0.39, 0.29) is 5.78 Å². The maximum atomic E-state index is 11.4. The summed E-state index contributed by atoms with van der Waals surface area (Å²) in [6.07, 6.45) is 6.81. The number of hydrogen-bond donors (Lipinski definition) is 1. The second-order valence-corrected chi connectivity index (χ2v) is 3.55. The molecule has 1 aliphatic heterocycles. The van der Waals surface area contributed by atoms with Crippen LogP contribution in [0.2, 0.25) is 0 Å². The third-order valence-electron chi connectivity index (χ3n) is 2.45. The summed E-state index contributed by atoms with van der Waals surface area (Å²) < 4.78 is 0. The van der Waals surface area contributed by atoms with Crippen molar-refractivity contribution in [3.8, 4) is 0 Å². The summed E-state index contributed by atoms with van der Waals surface area (Å²) in [7, 11) is 0. The van der Waals surface area contributed by atoms with E-state index in [1.807, 2.05) is 0 Å². The van der Waals surface area contributed by atoms with Crippen molar-refractivity contribution in [2.24, 2.45) is 0 Å². The molecule has 74 valence electrons. The Balaban J connectivity index is 2.41. The van der Waals surface area contributed by atoms with Crippen LogP contribution in [0, 0.1) is 0 Å². The van der Waals surface area contributed by atoms with Crippen LogP contribution >= 0.6 is 0 Å². The second-order valence-electron chi connectivity index (χ2n) is 3.55. The number of carbonyl (C=O) groups is 2. The molecule has 0 aliphatic carbocycles. The quantitative estimate of drug-likeness (QED) is 0.488. The zero-order valence-corrected chi connectivity index (χ0v) is 7.92. The molecule has 13 heavy (non-hydrogen) atoms. The second kappa shape index (κ2) is 5.86. The van der Waals surface area contributed by atoms with Gasteiger partial charge in [-0.2, -0.15) is 0 Å². The number of carbonyl (C=O) groups excluding carboxylic acids is 2. The summed E-state index contributed by atoms with van der Waals surface area (Å²) in [5, 5.41) is 2.97. The number of ketones is 1. The van der Waals surface area contributed by atoms with Crippen LogP contribution in [0.4, 0.5) is 0 Å². The van der Waals surface area contributed by atoms with Gasteiger partial charge in [-0.25, -0.2) is 0 Å². The van der Waals surface area contributed by atoms with Crippen LogP contribution in [-0.4, -0.2) is 24.7 Å². The Kier molecular flexibility index (Phi) is 4.68. The lowest BCUT2D eigenvalue weighted by molar-refractivity contribution is -0.125. The summed E-state index contributed by atoms with van der Waals surface area (Å²) in [4.78, 5) is 21.9. The molecule has 3 nitrogen and oxygen atoms in total. The van der Waals surface area contributed by atoms with Crippen LogP contribution in [0.5, 0.6) is 0 Å². The maximum absolute atomic E-state index is 11.4. The molecule has 1 saturated heterocycles. The Morgan fingerprint density at radius 3 is 2.62 bits per heavy atom. The molecule has 1 atom stereocenters. The molecule has 0 bridgehead atoms. The standard InChI is InChI=1S/C10H17NO2/c12-8-9-10(13)6-4-2-1-3-5-7-11-9/h8-9,11H,1-7H2. The Bertz CT molecular complexity index is 180. The van der Waals surface area contributed by atoms with E-state index in [9.17, 15) is 9.59 Å². The lowest BCUT2D eigenvalue weighted by atomic mass is 10.0. The molecule has 0 aromatic heterocycles. The van der Waals surface area contributed by atoms with Crippen LogP contribution in [0.1, 0.15) is 38.5 Å². The Morgan fingerprint density at radius 1 is 1.15 bits per heavy atom. The molecular formula is C10H17NO2. The first-order valence-corrected chi connectivity index (χ1v) is 5.06. The van der Waals surface area contributed by atoms with E-state index >= 15 is 0 Å². The van der Waals surface area contributed by atoms with Gasteiger partial charge in [0.2, 0.25) is 0 Å². The highest BCUT2D eigenvalue weighted by Crippen LogP contribution is 2.08. The number of nitrogens with one attached hydrogen (secondary N) is 1. The molecule has 1 aliphatic rings.